The largest absolute Gasteiger partial charge is 0.489 e. The van der Waals surface area contributed by atoms with E-state index in [4.69, 9.17) is 9.47 Å². The van der Waals surface area contributed by atoms with Gasteiger partial charge in [0.1, 0.15) is 18.0 Å². The standard InChI is InChI=1S/C33H41N2O3/c1-35(2,3)30-17-13-16-29(24-30)33(36)37-23-12-7-5-4-6-11-21-34-22-20-28-25-31(18-19-32(28)34)38-26-27-14-9-8-10-15-27/h8-10,13-20,22,24-25H,4-7,11-12,21,23,26H2,1-3H3/q+1. The van der Waals surface area contributed by atoms with Crippen LogP contribution >= 0.6 is 0 Å². The molecule has 0 bridgehead atoms. The lowest BCUT2D eigenvalue weighted by Gasteiger charge is -2.23. The second-order valence-electron chi connectivity index (χ2n) is 10.8. The summed E-state index contributed by atoms with van der Waals surface area (Å²) in [4.78, 5) is 12.4. The summed E-state index contributed by atoms with van der Waals surface area (Å²) in [6.45, 7) is 2.09. The molecule has 0 aliphatic rings. The maximum Gasteiger partial charge on any atom is 0.338 e. The van der Waals surface area contributed by atoms with E-state index in [1.165, 1.54) is 35.7 Å². The topological polar surface area (TPSA) is 40.5 Å². The van der Waals surface area contributed by atoms with E-state index in [1.807, 2.05) is 42.5 Å². The quantitative estimate of drug-likeness (QED) is 0.0989. The predicted octanol–water partition coefficient (Wildman–Crippen LogP) is 7.61. The number of nitrogens with zero attached hydrogens (tertiary/aromatic N) is 2. The molecule has 0 unspecified atom stereocenters. The number of aryl methyl sites for hydroxylation is 1. The van der Waals surface area contributed by atoms with Crippen LogP contribution in [0.25, 0.3) is 10.9 Å². The number of esters is 1. The number of quaternary nitrogens is 1. The Morgan fingerprint density at radius 3 is 2.34 bits per heavy atom. The Hall–Kier alpha value is -3.57. The average molecular weight is 514 g/mol. The van der Waals surface area contributed by atoms with Crippen molar-refractivity contribution in [1.29, 1.82) is 0 Å². The number of aromatic nitrogens is 1. The van der Waals surface area contributed by atoms with Gasteiger partial charge in [0, 0.05) is 29.7 Å². The van der Waals surface area contributed by atoms with Gasteiger partial charge in [-0.15, -0.1) is 0 Å². The number of benzene rings is 3. The van der Waals surface area contributed by atoms with Gasteiger partial charge in [-0.1, -0.05) is 62.1 Å². The molecular formula is C33H41N2O3+. The van der Waals surface area contributed by atoms with Crippen LogP contribution in [0.4, 0.5) is 5.69 Å². The first-order valence-electron chi connectivity index (χ1n) is 13.7. The van der Waals surface area contributed by atoms with Crippen LogP contribution in [0.3, 0.4) is 0 Å². The Bertz CT molecular complexity index is 1300. The fraction of sp³-hybridized carbons (Fsp3) is 0.364. The van der Waals surface area contributed by atoms with Crippen molar-refractivity contribution in [3.63, 3.8) is 0 Å². The lowest BCUT2D eigenvalue weighted by Crippen LogP contribution is -2.34. The van der Waals surface area contributed by atoms with Gasteiger partial charge in [-0.3, -0.25) is 4.48 Å². The molecule has 0 spiro atoms. The molecule has 4 rings (SSSR count). The van der Waals surface area contributed by atoms with E-state index in [1.54, 1.807) is 0 Å². The van der Waals surface area contributed by atoms with E-state index in [2.05, 4.69) is 68.3 Å². The van der Waals surface area contributed by atoms with Crippen molar-refractivity contribution in [2.75, 3.05) is 27.7 Å². The van der Waals surface area contributed by atoms with E-state index in [9.17, 15) is 4.79 Å². The second-order valence-corrected chi connectivity index (χ2v) is 10.8. The molecule has 0 radical (unpaired) electrons. The predicted molar refractivity (Wildman–Crippen MR) is 157 cm³/mol. The number of unbranched alkanes of at least 4 members (excludes halogenated alkanes) is 5. The smallest absolute Gasteiger partial charge is 0.338 e. The van der Waals surface area contributed by atoms with Gasteiger partial charge >= 0.3 is 5.97 Å². The highest BCUT2D eigenvalue weighted by Gasteiger charge is 2.15. The summed E-state index contributed by atoms with van der Waals surface area (Å²) in [5, 5.41) is 1.22. The zero-order chi connectivity index (χ0) is 26.8. The Morgan fingerprint density at radius 1 is 0.789 bits per heavy atom. The molecule has 1 heterocycles. The molecule has 0 fully saturated rings. The summed E-state index contributed by atoms with van der Waals surface area (Å²) in [5.74, 6) is 0.677. The maximum absolute atomic E-state index is 12.4. The van der Waals surface area contributed by atoms with Crippen molar-refractivity contribution in [3.05, 3.63) is 96.2 Å². The average Bonchev–Trinajstić information content (AvgIpc) is 3.33. The lowest BCUT2D eigenvalue weighted by molar-refractivity contribution is 0.0497. The third-order valence-corrected chi connectivity index (χ3v) is 6.87. The number of rotatable bonds is 14. The SMILES string of the molecule is C[N+](C)(C)c1cccc(C(=O)OCCCCCCCCn2ccc3cc(OCc4ccccc4)ccc32)c1. The Kier molecular flexibility index (Phi) is 9.61. The monoisotopic (exact) mass is 513 g/mol. The number of ether oxygens (including phenoxy) is 2. The molecule has 0 N–H and O–H groups in total. The minimum absolute atomic E-state index is 0.228. The normalized spacial score (nSPS) is 11.6. The van der Waals surface area contributed by atoms with Crippen molar-refractivity contribution in [1.82, 2.24) is 9.05 Å². The molecule has 0 aliphatic heterocycles. The molecule has 5 nitrogen and oxygen atoms in total. The zero-order valence-corrected chi connectivity index (χ0v) is 23.1. The summed E-state index contributed by atoms with van der Waals surface area (Å²) in [6.07, 6.45) is 8.92. The van der Waals surface area contributed by atoms with Crippen LogP contribution in [0.5, 0.6) is 5.75 Å². The number of hydrogen-bond donors (Lipinski definition) is 0. The molecule has 0 amide bonds. The minimum atomic E-state index is -0.228. The van der Waals surface area contributed by atoms with Crippen LogP contribution in [0.2, 0.25) is 0 Å². The number of carbonyl (C=O) groups excluding carboxylic acids is 1. The molecule has 4 aromatic rings. The van der Waals surface area contributed by atoms with Gasteiger partial charge in [-0.05, 0) is 54.8 Å². The molecule has 0 saturated carbocycles. The summed E-state index contributed by atoms with van der Waals surface area (Å²) >= 11 is 0. The molecule has 38 heavy (non-hydrogen) atoms. The highest BCUT2D eigenvalue weighted by molar-refractivity contribution is 5.90. The number of fused-ring (bicyclic) bond motifs is 1. The third kappa shape index (κ3) is 7.96. The molecular weight excluding hydrogens is 472 g/mol. The zero-order valence-electron chi connectivity index (χ0n) is 23.1. The van der Waals surface area contributed by atoms with E-state index >= 15 is 0 Å². The Morgan fingerprint density at radius 2 is 1.55 bits per heavy atom. The van der Waals surface area contributed by atoms with Gasteiger partial charge in [0.15, 0.2) is 0 Å². The van der Waals surface area contributed by atoms with E-state index in [0.29, 0.717) is 23.3 Å². The van der Waals surface area contributed by atoms with Crippen LogP contribution < -0.4 is 9.22 Å². The minimum Gasteiger partial charge on any atom is -0.489 e. The molecule has 1 aromatic heterocycles. The van der Waals surface area contributed by atoms with Crippen molar-refractivity contribution >= 4 is 22.6 Å². The van der Waals surface area contributed by atoms with Gasteiger partial charge < -0.3 is 14.0 Å². The van der Waals surface area contributed by atoms with Crippen LogP contribution in [-0.2, 0) is 17.9 Å². The van der Waals surface area contributed by atoms with E-state index < -0.39 is 0 Å². The highest BCUT2D eigenvalue weighted by Crippen LogP contribution is 2.24. The van der Waals surface area contributed by atoms with Gasteiger partial charge in [0.25, 0.3) is 0 Å². The maximum atomic E-state index is 12.4. The molecule has 5 heteroatoms. The van der Waals surface area contributed by atoms with Gasteiger partial charge in [0.2, 0.25) is 0 Å². The highest BCUT2D eigenvalue weighted by atomic mass is 16.5. The Balaban J connectivity index is 1.09. The van der Waals surface area contributed by atoms with Crippen molar-refractivity contribution in [2.24, 2.45) is 0 Å². The molecule has 0 atom stereocenters. The summed E-state index contributed by atoms with van der Waals surface area (Å²) in [7, 11) is 6.26. The second kappa shape index (κ2) is 13.3. The third-order valence-electron chi connectivity index (χ3n) is 6.87. The van der Waals surface area contributed by atoms with Gasteiger partial charge in [0.05, 0.1) is 33.3 Å². The Labute approximate surface area is 227 Å². The first-order chi connectivity index (χ1) is 18.4. The van der Waals surface area contributed by atoms with Gasteiger partial charge in [-0.25, -0.2) is 4.79 Å². The first kappa shape index (κ1) is 27.5. The fourth-order valence-corrected chi connectivity index (χ4v) is 4.59. The number of carbonyl (C=O) groups is 1. The van der Waals surface area contributed by atoms with Crippen LogP contribution in [0.1, 0.15) is 54.4 Å². The molecule has 200 valence electrons. The fourth-order valence-electron chi connectivity index (χ4n) is 4.59. The van der Waals surface area contributed by atoms with Crippen molar-refractivity contribution < 1.29 is 14.3 Å². The van der Waals surface area contributed by atoms with Crippen LogP contribution in [0.15, 0.2) is 85.1 Å². The lowest BCUT2D eigenvalue weighted by atomic mass is 10.1. The molecule has 0 aliphatic carbocycles. The van der Waals surface area contributed by atoms with Gasteiger partial charge in [-0.2, -0.15) is 0 Å². The van der Waals surface area contributed by atoms with E-state index in [-0.39, 0.29) is 5.97 Å². The van der Waals surface area contributed by atoms with Crippen molar-refractivity contribution in [3.8, 4) is 5.75 Å². The van der Waals surface area contributed by atoms with Crippen molar-refractivity contribution in [2.45, 2.75) is 51.7 Å². The summed E-state index contributed by atoms with van der Waals surface area (Å²) < 4.78 is 14.5. The molecule has 3 aromatic carbocycles. The van der Waals surface area contributed by atoms with E-state index in [0.717, 1.165) is 37.2 Å². The summed E-state index contributed by atoms with van der Waals surface area (Å²) in [5.41, 5.74) is 4.15. The first-order valence-corrected chi connectivity index (χ1v) is 13.7. The van der Waals surface area contributed by atoms with Crippen LogP contribution in [-0.4, -0.2) is 38.3 Å². The van der Waals surface area contributed by atoms with Crippen LogP contribution in [0, 0.1) is 0 Å². The molecule has 0 saturated heterocycles. The summed E-state index contributed by atoms with van der Waals surface area (Å²) in [6, 6.07) is 26.5. The number of hydrogen-bond acceptors (Lipinski definition) is 3.